The van der Waals surface area contributed by atoms with Crippen molar-refractivity contribution in [2.24, 2.45) is 0 Å². The molecular weight excluding hydrogens is 255 g/mol. The van der Waals surface area contributed by atoms with E-state index in [9.17, 15) is 4.39 Å². The van der Waals surface area contributed by atoms with Gasteiger partial charge in [-0.05, 0) is 43.5 Å². The molecule has 0 aromatic heterocycles. The Morgan fingerprint density at radius 3 is 2.50 bits per heavy atom. The molecule has 0 atom stereocenters. The zero-order valence-electron chi connectivity index (χ0n) is 12.7. The van der Waals surface area contributed by atoms with Gasteiger partial charge in [0.2, 0.25) is 0 Å². The van der Waals surface area contributed by atoms with E-state index < -0.39 is 0 Å². The third kappa shape index (κ3) is 5.47. The highest BCUT2D eigenvalue weighted by molar-refractivity contribution is 5.50. The number of rotatable bonds is 10. The van der Waals surface area contributed by atoms with Gasteiger partial charge in [-0.1, -0.05) is 19.9 Å². The summed E-state index contributed by atoms with van der Waals surface area (Å²) in [6, 6.07) is 5.31. The molecule has 0 fully saturated rings. The van der Waals surface area contributed by atoms with Crippen LogP contribution in [0.1, 0.15) is 38.7 Å². The van der Waals surface area contributed by atoms with Crippen LogP contribution in [0.4, 0.5) is 10.1 Å². The van der Waals surface area contributed by atoms with Crippen molar-refractivity contribution in [2.75, 3.05) is 31.1 Å². The standard InChI is InChI=1S/C16H27FN2O/c1-3-9-19(10-4-2)16-12-14(6-7-15(16)17)13-18-8-5-11-20/h6-7,12,18,20H,3-5,8-11,13H2,1-2H3. The first-order valence-corrected chi connectivity index (χ1v) is 7.57. The second kappa shape index (κ2) is 9.72. The quantitative estimate of drug-likeness (QED) is 0.648. The molecule has 3 nitrogen and oxygen atoms in total. The Morgan fingerprint density at radius 1 is 1.20 bits per heavy atom. The second-order valence-electron chi connectivity index (χ2n) is 5.03. The fraction of sp³-hybridized carbons (Fsp3) is 0.625. The summed E-state index contributed by atoms with van der Waals surface area (Å²) >= 11 is 0. The van der Waals surface area contributed by atoms with Gasteiger partial charge in [0.25, 0.3) is 0 Å². The molecule has 0 aliphatic rings. The van der Waals surface area contributed by atoms with Gasteiger partial charge < -0.3 is 15.3 Å². The van der Waals surface area contributed by atoms with Gasteiger partial charge in [-0.15, -0.1) is 0 Å². The van der Waals surface area contributed by atoms with Crippen molar-refractivity contribution in [3.63, 3.8) is 0 Å². The van der Waals surface area contributed by atoms with Crippen LogP contribution in [0.15, 0.2) is 18.2 Å². The second-order valence-corrected chi connectivity index (χ2v) is 5.03. The van der Waals surface area contributed by atoms with Gasteiger partial charge in [-0.25, -0.2) is 4.39 Å². The highest BCUT2D eigenvalue weighted by Gasteiger charge is 2.11. The fourth-order valence-electron chi connectivity index (χ4n) is 2.24. The van der Waals surface area contributed by atoms with E-state index in [2.05, 4.69) is 24.1 Å². The third-order valence-electron chi connectivity index (χ3n) is 3.18. The van der Waals surface area contributed by atoms with Crippen LogP contribution in [0.5, 0.6) is 0 Å². The van der Waals surface area contributed by atoms with E-state index in [4.69, 9.17) is 5.11 Å². The largest absolute Gasteiger partial charge is 0.396 e. The number of halogens is 1. The lowest BCUT2D eigenvalue weighted by Crippen LogP contribution is -2.26. The van der Waals surface area contributed by atoms with E-state index in [1.807, 2.05) is 12.1 Å². The van der Waals surface area contributed by atoms with E-state index in [1.165, 1.54) is 0 Å². The van der Waals surface area contributed by atoms with Crippen molar-refractivity contribution >= 4 is 5.69 Å². The minimum atomic E-state index is -0.147. The lowest BCUT2D eigenvalue weighted by Gasteiger charge is -2.25. The molecule has 0 bridgehead atoms. The van der Waals surface area contributed by atoms with Crippen molar-refractivity contribution in [3.05, 3.63) is 29.6 Å². The number of aliphatic hydroxyl groups is 1. The van der Waals surface area contributed by atoms with Crippen molar-refractivity contribution in [1.29, 1.82) is 0 Å². The van der Waals surface area contributed by atoms with Gasteiger partial charge in [0, 0.05) is 26.2 Å². The van der Waals surface area contributed by atoms with Crippen LogP contribution in [0, 0.1) is 5.82 Å². The van der Waals surface area contributed by atoms with E-state index >= 15 is 0 Å². The summed E-state index contributed by atoms with van der Waals surface area (Å²) in [7, 11) is 0. The SMILES string of the molecule is CCCN(CCC)c1cc(CNCCCO)ccc1F. The van der Waals surface area contributed by atoms with Crippen LogP contribution in [0.2, 0.25) is 0 Å². The Labute approximate surface area is 121 Å². The molecule has 1 rings (SSSR count). The molecule has 0 amide bonds. The molecule has 0 aliphatic carbocycles. The smallest absolute Gasteiger partial charge is 0.146 e. The van der Waals surface area contributed by atoms with E-state index in [0.29, 0.717) is 12.2 Å². The molecule has 0 spiro atoms. The molecule has 1 aromatic carbocycles. The summed E-state index contributed by atoms with van der Waals surface area (Å²) in [6.45, 7) is 7.67. The average Bonchev–Trinajstić information content (AvgIpc) is 2.45. The Kier molecular flexibility index (Phi) is 8.23. The molecule has 0 aliphatic heterocycles. The maximum absolute atomic E-state index is 14.0. The van der Waals surface area contributed by atoms with Crippen molar-refractivity contribution < 1.29 is 9.50 Å². The lowest BCUT2D eigenvalue weighted by atomic mass is 10.1. The Morgan fingerprint density at radius 2 is 1.90 bits per heavy atom. The maximum Gasteiger partial charge on any atom is 0.146 e. The first-order chi connectivity index (χ1) is 9.72. The number of anilines is 1. The van der Waals surface area contributed by atoms with Gasteiger partial charge in [-0.3, -0.25) is 0 Å². The van der Waals surface area contributed by atoms with Crippen molar-refractivity contribution in [3.8, 4) is 0 Å². The summed E-state index contributed by atoms with van der Waals surface area (Å²) in [6.07, 6.45) is 2.77. The van der Waals surface area contributed by atoms with Crippen LogP contribution in [-0.4, -0.2) is 31.3 Å². The fourth-order valence-corrected chi connectivity index (χ4v) is 2.24. The Bertz CT molecular complexity index is 379. The summed E-state index contributed by atoms with van der Waals surface area (Å²) in [4.78, 5) is 2.12. The molecule has 2 N–H and O–H groups in total. The number of nitrogens with zero attached hydrogens (tertiary/aromatic N) is 1. The summed E-state index contributed by atoms with van der Waals surface area (Å²) < 4.78 is 14.0. The molecule has 0 heterocycles. The minimum Gasteiger partial charge on any atom is -0.396 e. The minimum absolute atomic E-state index is 0.147. The highest BCUT2D eigenvalue weighted by Crippen LogP contribution is 2.21. The van der Waals surface area contributed by atoms with Crippen LogP contribution >= 0.6 is 0 Å². The molecule has 4 heteroatoms. The Hall–Kier alpha value is -1.13. The summed E-state index contributed by atoms with van der Waals surface area (Å²) in [5, 5.41) is 12.0. The molecule has 0 saturated heterocycles. The zero-order valence-corrected chi connectivity index (χ0v) is 12.7. The van der Waals surface area contributed by atoms with Crippen molar-refractivity contribution in [2.45, 2.75) is 39.7 Å². The van der Waals surface area contributed by atoms with Gasteiger partial charge in [0.15, 0.2) is 0 Å². The predicted molar refractivity (Wildman–Crippen MR) is 82.6 cm³/mol. The van der Waals surface area contributed by atoms with E-state index in [0.717, 1.165) is 44.5 Å². The third-order valence-corrected chi connectivity index (χ3v) is 3.18. The molecule has 0 saturated carbocycles. The highest BCUT2D eigenvalue weighted by atomic mass is 19.1. The monoisotopic (exact) mass is 282 g/mol. The molecule has 1 aromatic rings. The molecule has 114 valence electrons. The average molecular weight is 282 g/mol. The van der Waals surface area contributed by atoms with Crippen LogP contribution in [0.25, 0.3) is 0 Å². The van der Waals surface area contributed by atoms with Gasteiger partial charge in [-0.2, -0.15) is 0 Å². The topological polar surface area (TPSA) is 35.5 Å². The lowest BCUT2D eigenvalue weighted by molar-refractivity contribution is 0.286. The van der Waals surface area contributed by atoms with Gasteiger partial charge in [0.1, 0.15) is 5.82 Å². The summed E-state index contributed by atoms with van der Waals surface area (Å²) in [5.74, 6) is -0.147. The number of aliphatic hydroxyl groups excluding tert-OH is 1. The maximum atomic E-state index is 14.0. The van der Waals surface area contributed by atoms with Crippen LogP contribution in [0.3, 0.4) is 0 Å². The van der Waals surface area contributed by atoms with Crippen molar-refractivity contribution in [1.82, 2.24) is 5.32 Å². The first kappa shape index (κ1) is 16.9. The number of benzene rings is 1. The normalized spacial score (nSPS) is 10.8. The first-order valence-electron chi connectivity index (χ1n) is 7.57. The van der Waals surface area contributed by atoms with E-state index in [-0.39, 0.29) is 12.4 Å². The molecule has 0 unspecified atom stereocenters. The van der Waals surface area contributed by atoms with Crippen LogP contribution in [-0.2, 0) is 6.54 Å². The number of hydrogen-bond donors (Lipinski definition) is 2. The number of hydrogen-bond acceptors (Lipinski definition) is 3. The Balaban J connectivity index is 2.73. The van der Waals surface area contributed by atoms with E-state index in [1.54, 1.807) is 6.07 Å². The van der Waals surface area contributed by atoms with Crippen LogP contribution < -0.4 is 10.2 Å². The van der Waals surface area contributed by atoms with Gasteiger partial charge >= 0.3 is 0 Å². The van der Waals surface area contributed by atoms with Gasteiger partial charge in [0.05, 0.1) is 5.69 Å². The molecular formula is C16H27FN2O. The zero-order chi connectivity index (χ0) is 14.8. The predicted octanol–water partition coefficient (Wildman–Crippen LogP) is 2.92. The molecule has 0 radical (unpaired) electrons. The number of nitrogens with one attached hydrogen (secondary N) is 1. The summed E-state index contributed by atoms with van der Waals surface area (Å²) in [5.41, 5.74) is 1.78. The molecule has 20 heavy (non-hydrogen) atoms.